The fourth-order valence-corrected chi connectivity index (χ4v) is 4.01. The molecule has 1 aromatic heterocycles. The minimum absolute atomic E-state index is 0.395. The molecule has 0 N–H and O–H groups in total. The van der Waals surface area contributed by atoms with E-state index >= 15 is 0 Å². The second-order valence-electron chi connectivity index (χ2n) is 4.90. The third-order valence-corrected chi connectivity index (χ3v) is 4.97. The van der Waals surface area contributed by atoms with E-state index in [4.69, 9.17) is 0 Å². The molecule has 2 heterocycles. The van der Waals surface area contributed by atoms with Gasteiger partial charge in [0.05, 0.1) is 21.6 Å². The van der Waals surface area contributed by atoms with Crippen LogP contribution in [0, 0.1) is 13.8 Å². The molecule has 0 atom stereocenters. The van der Waals surface area contributed by atoms with Crippen LogP contribution in [-0.4, -0.2) is 11.7 Å². The highest BCUT2D eigenvalue weighted by atomic mass is 79.9. The molecule has 0 unspecified atom stereocenters. The number of anilines is 1. The maximum absolute atomic E-state index is 12.2. The maximum atomic E-state index is 12.2. The van der Waals surface area contributed by atoms with Gasteiger partial charge in [0, 0.05) is 4.88 Å². The topological polar surface area (TPSA) is 37.4 Å². The third kappa shape index (κ3) is 2.11. The highest BCUT2D eigenvalue weighted by Gasteiger charge is 2.37. The number of nitrogens with zero attached hydrogens (tertiary/aromatic N) is 1. The minimum atomic E-state index is -0.432. The van der Waals surface area contributed by atoms with Gasteiger partial charge in [-0.15, -0.1) is 11.3 Å². The van der Waals surface area contributed by atoms with Crippen molar-refractivity contribution in [2.45, 2.75) is 20.4 Å². The van der Waals surface area contributed by atoms with Gasteiger partial charge < -0.3 is 0 Å². The van der Waals surface area contributed by atoms with E-state index in [9.17, 15) is 9.59 Å². The Labute approximate surface area is 129 Å². The molecule has 102 valence electrons. The van der Waals surface area contributed by atoms with Gasteiger partial charge in [-0.25, -0.2) is 0 Å². The fraction of sp³-hybridized carbons (Fsp3) is 0.200. The molecule has 3 rings (SSSR count). The molecule has 0 fully saturated rings. The monoisotopic (exact) mass is 349 g/mol. The predicted molar refractivity (Wildman–Crippen MR) is 83.5 cm³/mol. The lowest BCUT2D eigenvalue weighted by Crippen LogP contribution is -2.28. The average molecular weight is 350 g/mol. The largest absolute Gasteiger partial charge is 0.300 e. The Balaban J connectivity index is 2.06. The van der Waals surface area contributed by atoms with Gasteiger partial charge in [0.15, 0.2) is 0 Å². The number of hydrogen-bond acceptors (Lipinski definition) is 3. The first kappa shape index (κ1) is 13.5. The normalized spacial score (nSPS) is 14.1. The van der Waals surface area contributed by atoms with Crippen molar-refractivity contribution in [1.82, 2.24) is 0 Å². The van der Waals surface area contributed by atoms with Crippen molar-refractivity contribution in [3.8, 4) is 0 Å². The Morgan fingerprint density at radius 2 is 1.95 bits per heavy atom. The Kier molecular flexibility index (Phi) is 3.26. The molecule has 2 aromatic rings. The van der Waals surface area contributed by atoms with Gasteiger partial charge in [-0.1, -0.05) is 6.07 Å². The number of ketones is 1. The van der Waals surface area contributed by atoms with Gasteiger partial charge in [-0.2, -0.15) is 0 Å². The molecule has 20 heavy (non-hydrogen) atoms. The van der Waals surface area contributed by atoms with Crippen molar-refractivity contribution >= 4 is 44.6 Å². The second-order valence-corrected chi connectivity index (χ2v) is 7.45. The van der Waals surface area contributed by atoms with Crippen LogP contribution in [0.25, 0.3) is 0 Å². The Bertz CT molecular complexity index is 735. The van der Waals surface area contributed by atoms with Gasteiger partial charge in [-0.3, -0.25) is 14.5 Å². The summed E-state index contributed by atoms with van der Waals surface area (Å²) in [5, 5.41) is 0. The van der Waals surface area contributed by atoms with E-state index in [0.717, 1.165) is 25.5 Å². The average Bonchev–Trinajstić information content (AvgIpc) is 2.87. The molecule has 1 aliphatic rings. The molecule has 0 aliphatic carbocycles. The van der Waals surface area contributed by atoms with E-state index < -0.39 is 11.7 Å². The van der Waals surface area contributed by atoms with Crippen molar-refractivity contribution < 1.29 is 9.59 Å². The maximum Gasteiger partial charge on any atom is 0.299 e. The van der Waals surface area contributed by atoms with Crippen molar-refractivity contribution in [2.75, 3.05) is 4.90 Å². The van der Waals surface area contributed by atoms with Crippen LogP contribution in [-0.2, 0) is 11.3 Å². The first-order chi connectivity index (χ1) is 9.47. The van der Waals surface area contributed by atoms with E-state index in [1.807, 2.05) is 38.1 Å². The van der Waals surface area contributed by atoms with Gasteiger partial charge >= 0.3 is 0 Å². The number of aryl methyl sites for hydroxylation is 2. The summed E-state index contributed by atoms with van der Waals surface area (Å²) in [6, 6.07) is 7.76. The summed E-state index contributed by atoms with van der Waals surface area (Å²) in [5.41, 5.74) is 3.22. The molecule has 1 aliphatic heterocycles. The first-order valence-corrected chi connectivity index (χ1v) is 7.80. The van der Waals surface area contributed by atoms with E-state index in [1.54, 1.807) is 16.2 Å². The summed E-state index contributed by atoms with van der Waals surface area (Å²) in [7, 11) is 0. The number of fused-ring (bicyclic) bond motifs is 1. The number of carbonyl (C=O) groups excluding carboxylic acids is 2. The quantitative estimate of drug-likeness (QED) is 0.772. The SMILES string of the molecule is Cc1cc(C)c2c(c1)N(Cc1ccc(Br)s1)C(=O)C2=O. The fourth-order valence-electron chi connectivity index (χ4n) is 2.54. The zero-order valence-electron chi connectivity index (χ0n) is 11.1. The van der Waals surface area contributed by atoms with Gasteiger partial charge in [-0.05, 0) is 59.1 Å². The summed E-state index contributed by atoms with van der Waals surface area (Å²) in [6.07, 6.45) is 0. The first-order valence-electron chi connectivity index (χ1n) is 6.19. The van der Waals surface area contributed by atoms with Crippen LogP contribution < -0.4 is 4.90 Å². The Hall–Kier alpha value is -1.46. The molecule has 1 amide bonds. The van der Waals surface area contributed by atoms with Gasteiger partial charge in [0.1, 0.15) is 0 Å². The van der Waals surface area contributed by atoms with Crippen LogP contribution >= 0.6 is 27.3 Å². The molecule has 5 heteroatoms. The van der Waals surface area contributed by atoms with Crippen molar-refractivity contribution in [3.63, 3.8) is 0 Å². The molecule has 0 saturated carbocycles. The molecule has 0 bridgehead atoms. The predicted octanol–water partition coefficient (Wildman–Crippen LogP) is 3.86. The summed E-state index contributed by atoms with van der Waals surface area (Å²) >= 11 is 4.98. The van der Waals surface area contributed by atoms with Crippen LogP contribution in [0.1, 0.15) is 26.4 Å². The summed E-state index contributed by atoms with van der Waals surface area (Å²) < 4.78 is 1.02. The summed E-state index contributed by atoms with van der Waals surface area (Å²) in [4.78, 5) is 27.0. The Morgan fingerprint density at radius 3 is 2.60 bits per heavy atom. The number of thiophene rings is 1. The molecule has 3 nitrogen and oxygen atoms in total. The number of rotatable bonds is 2. The zero-order chi connectivity index (χ0) is 14.4. The number of Topliss-reactive ketones (excluding diaryl/α,β-unsaturated/α-hetero) is 1. The molecule has 0 spiro atoms. The highest BCUT2D eigenvalue weighted by Crippen LogP contribution is 2.35. The van der Waals surface area contributed by atoms with Crippen LogP contribution in [0.5, 0.6) is 0 Å². The standard InChI is InChI=1S/C15H12BrNO2S/c1-8-5-9(2)13-11(6-8)17(15(19)14(13)18)7-10-3-4-12(16)20-10/h3-6H,7H2,1-2H3. The van der Waals surface area contributed by atoms with Crippen molar-refractivity contribution in [1.29, 1.82) is 0 Å². The summed E-state index contributed by atoms with van der Waals surface area (Å²) in [6.45, 7) is 4.29. The highest BCUT2D eigenvalue weighted by molar-refractivity contribution is 9.11. The minimum Gasteiger partial charge on any atom is -0.300 e. The van der Waals surface area contributed by atoms with Crippen LogP contribution in [0.3, 0.4) is 0 Å². The number of hydrogen-bond donors (Lipinski definition) is 0. The van der Waals surface area contributed by atoms with Crippen LogP contribution in [0.2, 0.25) is 0 Å². The van der Waals surface area contributed by atoms with E-state index in [1.165, 1.54) is 0 Å². The molecule has 0 saturated heterocycles. The smallest absolute Gasteiger partial charge is 0.299 e. The lowest BCUT2D eigenvalue weighted by atomic mass is 10.0. The van der Waals surface area contributed by atoms with Gasteiger partial charge in [0.2, 0.25) is 0 Å². The molecular weight excluding hydrogens is 338 g/mol. The van der Waals surface area contributed by atoms with Gasteiger partial charge in [0.25, 0.3) is 11.7 Å². The number of amides is 1. The van der Waals surface area contributed by atoms with Crippen LogP contribution in [0.15, 0.2) is 28.1 Å². The van der Waals surface area contributed by atoms with Crippen molar-refractivity contribution in [3.05, 3.63) is 49.6 Å². The number of carbonyl (C=O) groups is 2. The molecule has 1 aromatic carbocycles. The lowest BCUT2D eigenvalue weighted by Gasteiger charge is -2.16. The lowest BCUT2D eigenvalue weighted by molar-refractivity contribution is -0.114. The summed E-state index contributed by atoms with van der Waals surface area (Å²) in [5.74, 6) is -0.827. The second kappa shape index (κ2) is 4.82. The van der Waals surface area contributed by atoms with E-state index in [-0.39, 0.29) is 0 Å². The van der Waals surface area contributed by atoms with E-state index in [0.29, 0.717) is 12.1 Å². The molecule has 0 radical (unpaired) electrons. The number of halogens is 1. The van der Waals surface area contributed by atoms with Crippen LogP contribution in [0.4, 0.5) is 5.69 Å². The number of benzene rings is 1. The zero-order valence-corrected chi connectivity index (χ0v) is 13.5. The molecular formula is C15H12BrNO2S. The Morgan fingerprint density at radius 1 is 1.20 bits per heavy atom. The van der Waals surface area contributed by atoms with Crippen molar-refractivity contribution in [2.24, 2.45) is 0 Å². The third-order valence-electron chi connectivity index (χ3n) is 3.36. The van der Waals surface area contributed by atoms with E-state index in [2.05, 4.69) is 15.9 Å².